The molecule has 5 nitrogen and oxygen atoms in total. The standard InChI is InChI=1S/C57H52N4O/c1-38-29-55(58-36-50(38)40-19-12-9-13-20-40)61-51-24-15-14-23-48(51)49-27-26-47(35-53(49)61)62-46-22-16-21-44(34-46)59-37-60(45-32-42(56(2,3)4)31-43(33-45)57(5,6)7)52-28-25-41(30-54(52)59)39-17-10-8-11-18-39/h8-36H,37H2,1-7H3/i1D3,9D,12D,13D,19D,20D. The number of aromatic nitrogens is 2. The van der Waals surface area contributed by atoms with Gasteiger partial charge in [0.1, 0.15) is 24.0 Å². The first-order valence-electron chi connectivity index (χ1n) is 25.0. The summed E-state index contributed by atoms with van der Waals surface area (Å²) in [5.74, 6) is 1.45. The highest BCUT2D eigenvalue weighted by molar-refractivity contribution is 6.09. The van der Waals surface area contributed by atoms with Crippen molar-refractivity contribution in [2.24, 2.45) is 0 Å². The Bertz CT molecular complexity index is 3470. The molecule has 0 bridgehead atoms. The predicted molar refractivity (Wildman–Crippen MR) is 260 cm³/mol. The van der Waals surface area contributed by atoms with Crippen molar-refractivity contribution in [3.63, 3.8) is 0 Å². The van der Waals surface area contributed by atoms with Crippen molar-refractivity contribution in [2.75, 3.05) is 16.5 Å². The van der Waals surface area contributed by atoms with Gasteiger partial charge in [-0.15, -0.1) is 0 Å². The highest BCUT2D eigenvalue weighted by Gasteiger charge is 2.31. The molecule has 0 fully saturated rings. The highest BCUT2D eigenvalue weighted by Crippen LogP contribution is 2.48. The minimum absolute atomic E-state index is 0.0569. The van der Waals surface area contributed by atoms with Gasteiger partial charge < -0.3 is 14.5 Å². The number of ether oxygens (including phenoxy) is 1. The lowest BCUT2D eigenvalue weighted by atomic mass is 9.80. The summed E-state index contributed by atoms with van der Waals surface area (Å²) in [6.45, 7) is 11.4. The van der Waals surface area contributed by atoms with Crippen LogP contribution in [0.1, 0.15) is 69.2 Å². The molecule has 62 heavy (non-hydrogen) atoms. The Kier molecular flexibility index (Phi) is 7.52. The van der Waals surface area contributed by atoms with E-state index < -0.39 is 37.1 Å². The summed E-state index contributed by atoms with van der Waals surface area (Å²) in [5.41, 5.74) is 9.96. The number of para-hydroxylation sites is 1. The van der Waals surface area contributed by atoms with Crippen LogP contribution in [0.25, 0.3) is 49.9 Å². The minimum Gasteiger partial charge on any atom is -0.457 e. The second kappa shape index (κ2) is 15.1. The molecule has 7 aromatic carbocycles. The third-order valence-corrected chi connectivity index (χ3v) is 11.8. The van der Waals surface area contributed by atoms with Gasteiger partial charge in [0.25, 0.3) is 0 Å². The molecule has 0 spiro atoms. The number of benzene rings is 7. The van der Waals surface area contributed by atoms with Crippen LogP contribution >= 0.6 is 0 Å². The van der Waals surface area contributed by atoms with E-state index in [9.17, 15) is 0 Å². The summed E-state index contributed by atoms with van der Waals surface area (Å²) in [6, 6.07) is 44.5. The number of fused-ring (bicyclic) bond motifs is 4. The van der Waals surface area contributed by atoms with E-state index in [1.165, 1.54) is 23.4 Å². The van der Waals surface area contributed by atoms with Crippen molar-refractivity contribution >= 4 is 44.6 Å². The van der Waals surface area contributed by atoms with Gasteiger partial charge in [-0.1, -0.05) is 138 Å². The molecule has 0 radical (unpaired) electrons. The fraction of sp³-hybridized carbons (Fsp3) is 0.175. The molecular weight excluding hydrogens is 757 g/mol. The molecule has 0 amide bonds. The Balaban J connectivity index is 1.06. The summed E-state index contributed by atoms with van der Waals surface area (Å²) < 4.78 is 76.2. The molecule has 0 aliphatic carbocycles. The Hall–Kier alpha value is -7.11. The first kappa shape index (κ1) is 30.8. The SMILES string of the molecule is [2H]c1c([2H])c([2H])c(-c2cnc(-n3c4ccccc4c4ccc(Oc5cccc(N6CN(c7cc(C(C)(C)C)cc(C(C)(C)C)c7)c7ccc(-c8ccccc8)cc76)c5)cc43)cc2C([2H])([2H])[2H])c([2H])c1[2H]. The van der Waals surface area contributed by atoms with Gasteiger partial charge in [0, 0.05) is 50.2 Å². The summed E-state index contributed by atoms with van der Waals surface area (Å²) in [6.07, 6.45) is 1.29. The molecule has 9 aromatic rings. The molecule has 5 heteroatoms. The van der Waals surface area contributed by atoms with E-state index in [1.807, 2.05) is 65.2 Å². The zero-order valence-corrected chi connectivity index (χ0v) is 35.8. The van der Waals surface area contributed by atoms with Crippen LogP contribution in [0.5, 0.6) is 11.5 Å². The lowest BCUT2D eigenvalue weighted by Crippen LogP contribution is -2.25. The van der Waals surface area contributed by atoms with E-state index in [4.69, 9.17) is 20.7 Å². The van der Waals surface area contributed by atoms with E-state index in [1.54, 1.807) is 0 Å². The van der Waals surface area contributed by atoms with Gasteiger partial charge in [-0.25, -0.2) is 4.98 Å². The molecule has 1 aliphatic heterocycles. The number of hydrogen-bond donors (Lipinski definition) is 0. The molecule has 0 N–H and O–H groups in total. The smallest absolute Gasteiger partial charge is 0.137 e. The third-order valence-electron chi connectivity index (χ3n) is 11.8. The number of pyridine rings is 1. The Morgan fingerprint density at radius 3 is 2.03 bits per heavy atom. The number of rotatable bonds is 7. The maximum absolute atomic E-state index is 8.62. The van der Waals surface area contributed by atoms with E-state index >= 15 is 0 Å². The maximum atomic E-state index is 8.62. The molecule has 0 saturated carbocycles. The maximum Gasteiger partial charge on any atom is 0.137 e. The molecule has 1 aliphatic rings. The fourth-order valence-electron chi connectivity index (χ4n) is 8.41. The van der Waals surface area contributed by atoms with Gasteiger partial charge in [0.05, 0.1) is 29.3 Å². The van der Waals surface area contributed by atoms with E-state index in [2.05, 4.69) is 124 Å². The average Bonchev–Trinajstić information content (AvgIpc) is 3.88. The van der Waals surface area contributed by atoms with E-state index in [0.717, 1.165) is 50.2 Å². The van der Waals surface area contributed by atoms with Gasteiger partial charge in [-0.3, -0.25) is 4.57 Å². The largest absolute Gasteiger partial charge is 0.457 e. The second-order valence-corrected chi connectivity index (χ2v) is 18.1. The first-order valence-corrected chi connectivity index (χ1v) is 21.0. The normalized spacial score (nSPS) is 15.0. The Labute approximate surface area is 376 Å². The van der Waals surface area contributed by atoms with Crippen molar-refractivity contribution in [1.29, 1.82) is 0 Å². The first-order chi connectivity index (χ1) is 33.2. The molecule has 10 rings (SSSR count). The average molecular weight is 817 g/mol. The van der Waals surface area contributed by atoms with Crippen LogP contribution in [-0.2, 0) is 10.8 Å². The van der Waals surface area contributed by atoms with Crippen molar-refractivity contribution in [2.45, 2.75) is 59.2 Å². The number of nitrogens with zero attached hydrogens (tertiary/aromatic N) is 4. The molecule has 0 saturated heterocycles. The molecular formula is C57H52N4O. The van der Waals surface area contributed by atoms with Crippen molar-refractivity contribution < 1.29 is 15.7 Å². The van der Waals surface area contributed by atoms with Crippen molar-refractivity contribution in [3.8, 4) is 39.6 Å². The molecule has 306 valence electrons. The van der Waals surface area contributed by atoms with Crippen LogP contribution in [-0.4, -0.2) is 16.2 Å². The minimum atomic E-state index is -2.73. The van der Waals surface area contributed by atoms with E-state index in [0.29, 0.717) is 23.7 Å². The zero-order valence-electron chi connectivity index (χ0n) is 43.8. The van der Waals surface area contributed by atoms with Crippen LogP contribution in [0.3, 0.4) is 0 Å². The lowest BCUT2D eigenvalue weighted by molar-refractivity contribution is 0.483. The van der Waals surface area contributed by atoms with Gasteiger partial charge >= 0.3 is 0 Å². The number of hydrogen-bond acceptors (Lipinski definition) is 4. The zero-order chi connectivity index (χ0) is 49.6. The number of aryl methyl sites for hydroxylation is 1. The van der Waals surface area contributed by atoms with Gasteiger partial charge in [-0.05, 0) is 112 Å². The summed E-state index contributed by atoms with van der Waals surface area (Å²) >= 11 is 0. The molecule has 0 unspecified atom stereocenters. The predicted octanol–water partition coefficient (Wildman–Crippen LogP) is 15.5. The van der Waals surface area contributed by atoms with Gasteiger partial charge in [-0.2, -0.15) is 0 Å². The third kappa shape index (κ3) is 7.17. The van der Waals surface area contributed by atoms with Crippen LogP contribution in [0, 0.1) is 6.85 Å². The van der Waals surface area contributed by atoms with Gasteiger partial charge in [0.15, 0.2) is 0 Å². The molecule has 0 atom stereocenters. The van der Waals surface area contributed by atoms with Crippen LogP contribution in [0.15, 0.2) is 176 Å². The lowest BCUT2D eigenvalue weighted by Gasteiger charge is -2.29. The second-order valence-electron chi connectivity index (χ2n) is 18.1. The molecule has 3 heterocycles. The van der Waals surface area contributed by atoms with Crippen LogP contribution < -0.4 is 14.5 Å². The quantitative estimate of drug-likeness (QED) is 0.160. The summed E-state index contributed by atoms with van der Waals surface area (Å²) in [5, 5.41) is 1.80. The van der Waals surface area contributed by atoms with Crippen LogP contribution in [0.4, 0.5) is 22.7 Å². The van der Waals surface area contributed by atoms with Crippen molar-refractivity contribution in [3.05, 3.63) is 193 Å². The monoisotopic (exact) mass is 816 g/mol. The Morgan fingerprint density at radius 1 is 0.565 bits per heavy atom. The van der Waals surface area contributed by atoms with Crippen LogP contribution in [0.2, 0.25) is 0 Å². The summed E-state index contributed by atoms with van der Waals surface area (Å²) in [7, 11) is 0. The van der Waals surface area contributed by atoms with Crippen molar-refractivity contribution in [1.82, 2.24) is 9.55 Å². The van der Waals surface area contributed by atoms with Gasteiger partial charge in [0.2, 0.25) is 0 Å². The fourth-order valence-corrected chi connectivity index (χ4v) is 8.41. The highest BCUT2D eigenvalue weighted by atomic mass is 16.5. The molecule has 2 aromatic heterocycles. The number of anilines is 4. The Morgan fingerprint density at radius 2 is 1.27 bits per heavy atom. The van der Waals surface area contributed by atoms with E-state index in [-0.39, 0.29) is 33.3 Å². The summed E-state index contributed by atoms with van der Waals surface area (Å²) in [4.78, 5) is 9.47. The topological polar surface area (TPSA) is 33.5 Å².